The standard InChI is InChI=1S/C13H18N2O/c1-9-4-12-11-3-2-10(6-14-7-11)8-15(12)13(16)5-9/h4-5,10-11,14H,2-3,6-8H2,1H3. The number of rotatable bonds is 0. The van der Waals surface area contributed by atoms with E-state index in [-0.39, 0.29) is 5.56 Å². The molecule has 1 aromatic rings. The fraction of sp³-hybridized carbons (Fsp3) is 0.615. The summed E-state index contributed by atoms with van der Waals surface area (Å²) < 4.78 is 2.01. The van der Waals surface area contributed by atoms with Crippen LogP contribution in [0.3, 0.4) is 0 Å². The van der Waals surface area contributed by atoms with Crippen molar-refractivity contribution >= 4 is 0 Å². The number of aromatic nitrogens is 1. The molecule has 1 fully saturated rings. The average Bonchev–Trinajstić information content (AvgIpc) is 2.53. The van der Waals surface area contributed by atoms with E-state index in [2.05, 4.69) is 11.4 Å². The molecule has 0 saturated carbocycles. The molecule has 0 aromatic carbocycles. The van der Waals surface area contributed by atoms with Gasteiger partial charge in [-0.1, -0.05) is 0 Å². The van der Waals surface area contributed by atoms with Crippen molar-refractivity contribution in [2.24, 2.45) is 5.92 Å². The largest absolute Gasteiger partial charge is 0.316 e. The smallest absolute Gasteiger partial charge is 0.250 e. The predicted molar refractivity (Wildman–Crippen MR) is 63.8 cm³/mol. The van der Waals surface area contributed by atoms with Crippen LogP contribution in [-0.4, -0.2) is 17.7 Å². The van der Waals surface area contributed by atoms with Crippen LogP contribution in [0.25, 0.3) is 0 Å². The summed E-state index contributed by atoms with van der Waals surface area (Å²) in [5.41, 5.74) is 2.54. The van der Waals surface area contributed by atoms with E-state index in [9.17, 15) is 4.79 Å². The molecule has 3 heterocycles. The monoisotopic (exact) mass is 218 g/mol. The quantitative estimate of drug-likeness (QED) is 0.711. The molecule has 2 unspecified atom stereocenters. The molecule has 2 aliphatic heterocycles. The Morgan fingerprint density at radius 1 is 1.31 bits per heavy atom. The van der Waals surface area contributed by atoms with Crippen LogP contribution in [-0.2, 0) is 6.54 Å². The van der Waals surface area contributed by atoms with Crippen molar-refractivity contribution in [3.63, 3.8) is 0 Å². The molecule has 0 aliphatic carbocycles. The molecular weight excluding hydrogens is 200 g/mol. The summed E-state index contributed by atoms with van der Waals surface area (Å²) in [5.74, 6) is 1.16. The zero-order valence-electron chi connectivity index (χ0n) is 9.70. The van der Waals surface area contributed by atoms with Gasteiger partial charge in [-0.25, -0.2) is 0 Å². The molecular formula is C13H18N2O. The molecule has 3 nitrogen and oxygen atoms in total. The molecule has 2 bridgehead atoms. The fourth-order valence-corrected chi connectivity index (χ4v) is 3.06. The maximum atomic E-state index is 12.0. The molecule has 86 valence electrons. The first-order chi connectivity index (χ1) is 7.74. The van der Waals surface area contributed by atoms with E-state index in [0.29, 0.717) is 11.8 Å². The lowest BCUT2D eigenvalue weighted by molar-refractivity contribution is 0.407. The van der Waals surface area contributed by atoms with E-state index in [1.807, 2.05) is 11.5 Å². The lowest BCUT2D eigenvalue weighted by Gasteiger charge is -2.22. The van der Waals surface area contributed by atoms with Gasteiger partial charge >= 0.3 is 0 Å². The normalized spacial score (nSPS) is 28.3. The van der Waals surface area contributed by atoms with Gasteiger partial charge in [-0.15, -0.1) is 0 Å². The third-order valence-corrected chi connectivity index (χ3v) is 3.91. The van der Waals surface area contributed by atoms with Crippen LogP contribution in [0.2, 0.25) is 0 Å². The molecule has 1 aromatic heterocycles. The van der Waals surface area contributed by atoms with E-state index in [4.69, 9.17) is 0 Å². The highest BCUT2D eigenvalue weighted by Crippen LogP contribution is 2.30. The first kappa shape index (κ1) is 10.1. The molecule has 16 heavy (non-hydrogen) atoms. The highest BCUT2D eigenvalue weighted by atomic mass is 16.1. The third kappa shape index (κ3) is 1.59. The van der Waals surface area contributed by atoms with Crippen molar-refractivity contribution in [1.82, 2.24) is 9.88 Å². The fourth-order valence-electron chi connectivity index (χ4n) is 3.06. The Bertz CT molecular complexity index is 463. The minimum atomic E-state index is 0.189. The summed E-state index contributed by atoms with van der Waals surface area (Å²) in [6.07, 6.45) is 2.47. The Hall–Kier alpha value is -1.09. The SMILES string of the molecule is Cc1cc2n(c(=O)c1)CC1CCC2CNC1. The van der Waals surface area contributed by atoms with Gasteiger partial charge in [0, 0.05) is 30.8 Å². The van der Waals surface area contributed by atoms with Crippen molar-refractivity contribution in [2.45, 2.75) is 32.2 Å². The van der Waals surface area contributed by atoms with Crippen LogP contribution in [0.5, 0.6) is 0 Å². The van der Waals surface area contributed by atoms with Gasteiger partial charge in [-0.05, 0) is 43.9 Å². The van der Waals surface area contributed by atoms with Crippen molar-refractivity contribution in [3.05, 3.63) is 33.7 Å². The van der Waals surface area contributed by atoms with Gasteiger partial charge in [0.25, 0.3) is 5.56 Å². The zero-order chi connectivity index (χ0) is 11.1. The minimum absolute atomic E-state index is 0.189. The van der Waals surface area contributed by atoms with Gasteiger partial charge in [-0.3, -0.25) is 4.79 Å². The number of aryl methyl sites for hydroxylation is 1. The van der Waals surface area contributed by atoms with Gasteiger partial charge < -0.3 is 9.88 Å². The molecule has 2 atom stereocenters. The van der Waals surface area contributed by atoms with Crippen molar-refractivity contribution < 1.29 is 0 Å². The Morgan fingerprint density at radius 2 is 2.19 bits per heavy atom. The zero-order valence-corrected chi connectivity index (χ0v) is 9.70. The Labute approximate surface area is 95.5 Å². The summed E-state index contributed by atoms with van der Waals surface area (Å²) in [6.45, 7) is 5.01. The predicted octanol–water partition coefficient (Wildman–Crippen LogP) is 1.25. The number of nitrogens with zero attached hydrogens (tertiary/aromatic N) is 1. The summed E-state index contributed by atoms with van der Waals surface area (Å²) >= 11 is 0. The third-order valence-electron chi connectivity index (χ3n) is 3.91. The summed E-state index contributed by atoms with van der Waals surface area (Å²) in [6, 6.07) is 3.96. The van der Waals surface area contributed by atoms with Crippen LogP contribution in [0.1, 0.15) is 30.0 Å². The molecule has 0 radical (unpaired) electrons. The molecule has 1 N–H and O–H groups in total. The van der Waals surface area contributed by atoms with Gasteiger partial charge in [0.05, 0.1) is 0 Å². The number of nitrogens with one attached hydrogen (secondary N) is 1. The Kier molecular flexibility index (Phi) is 2.36. The minimum Gasteiger partial charge on any atom is -0.316 e. The topological polar surface area (TPSA) is 34.0 Å². The number of pyridine rings is 1. The molecule has 0 spiro atoms. The summed E-state index contributed by atoms with van der Waals surface area (Å²) in [4.78, 5) is 12.0. The summed E-state index contributed by atoms with van der Waals surface area (Å²) in [7, 11) is 0. The average molecular weight is 218 g/mol. The van der Waals surface area contributed by atoms with Gasteiger partial charge in [0.2, 0.25) is 0 Å². The van der Waals surface area contributed by atoms with Crippen LogP contribution in [0, 0.1) is 12.8 Å². The maximum Gasteiger partial charge on any atom is 0.250 e. The van der Waals surface area contributed by atoms with Crippen molar-refractivity contribution in [3.8, 4) is 0 Å². The lowest BCUT2D eigenvalue weighted by atomic mass is 9.97. The van der Waals surface area contributed by atoms with Crippen molar-refractivity contribution in [2.75, 3.05) is 13.1 Å². The molecule has 0 amide bonds. The Balaban J connectivity index is 2.17. The maximum absolute atomic E-state index is 12.0. The van der Waals surface area contributed by atoms with Gasteiger partial charge in [0.15, 0.2) is 0 Å². The van der Waals surface area contributed by atoms with E-state index in [1.165, 1.54) is 18.5 Å². The van der Waals surface area contributed by atoms with E-state index >= 15 is 0 Å². The number of hydrogen-bond acceptors (Lipinski definition) is 2. The second-order valence-corrected chi connectivity index (χ2v) is 5.20. The Morgan fingerprint density at radius 3 is 3.06 bits per heavy atom. The summed E-state index contributed by atoms with van der Waals surface area (Å²) in [5, 5.41) is 3.51. The molecule has 1 saturated heterocycles. The number of hydrogen-bond donors (Lipinski definition) is 1. The van der Waals surface area contributed by atoms with Gasteiger partial charge in [0.1, 0.15) is 0 Å². The highest BCUT2D eigenvalue weighted by Gasteiger charge is 2.27. The van der Waals surface area contributed by atoms with Crippen LogP contribution in [0.15, 0.2) is 16.9 Å². The first-order valence-electron chi connectivity index (χ1n) is 6.16. The lowest BCUT2D eigenvalue weighted by Crippen LogP contribution is -2.35. The van der Waals surface area contributed by atoms with Crippen LogP contribution in [0.4, 0.5) is 0 Å². The second kappa shape index (κ2) is 3.74. The van der Waals surface area contributed by atoms with Crippen molar-refractivity contribution in [1.29, 1.82) is 0 Å². The second-order valence-electron chi connectivity index (χ2n) is 5.20. The van der Waals surface area contributed by atoms with E-state index in [1.54, 1.807) is 6.07 Å². The van der Waals surface area contributed by atoms with Gasteiger partial charge in [-0.2, -0.15) is 0 Å². The van der Waals surface area contributed by atoms with Crippen LogP contribution < -0.4 is 10.9 Å². The first-order valence-corrected chi connectivity index (χ1v) is 6.16. The highest BCUT2D eigenvalue weighted by molar-refractivity contribution is 5.21. The van der Waals surface area contributed by atoms with Crippen LogP contribution >= 0.6 is 0 Å². The van der Waals surface area contributed by atoms with E-state index < -0.39 is 0 Å². The molecule has 3 heteroatoms. The number of fused-ring (bicyclic) bond motifs is 5. The molecule has 2 aliphatic rings. The van der Waals surface area contributed by atoms with E-state index in [0.717, 1.165) is 25.2 Å². The molecule has 3 rings (SSSR count).